The van der Waals surface area contributed by atoms with E-state index in [-0.39, 0.29) is 0 Å². The van der Waals surface area contributed by atoms with Crippen LogP contribution < -0.4 is 9.47 Å². The summed E-state index contributed by atoms with van der Waals surface area (Å²) in [5, 5.41) is 10.0. The van der Waals surface area contributed by atoms with Gasteiger partial charge in [-0.05, 0) is 48.5 Å². The lowest BCUT2D eigenvalue weighted by molar-refractivity contribution is 0.345. The Morgan fingerprint density at radius 2 is 1.00 bits per heavy atom. The van der Waals surface area contributed by atoms with Gasteiger partial charge in [0.1, 0.15) is 11.5 Å². The standard InChI is InChI=1S/C16H16Br2N2O2/c17-9-11-21-15-5-1-13(2-6-15)19-20-14-3-7-16(8-4-14)22-12-10-18/h1-8H,9-12H2/b20-19+. The minimum atomic E-state index is 0.643. The van der Waals surface area contributed by atoms with E-state index >= 15 is 0 Å². The van der Waals surface area contributed by atoms with Crippen molar-refractivity contribution in [2.24, 2.45) is 10.2 Å². The first-order chi connectivity index (χ1) is 10.8. The fourth-order valence-corrected chi connectivity index (χ4v) is 1.97. The average Bonchev–Trinajstić information content (AvgIpc) is 2.58. The summed E-state index contributed by atoms with van der Waals surface area (Å²) in [6.45, 7) is 1.29. The number of azo groups is 1. The van der Waals surface area contributed by atoms with Crippen molar-refractivity contribution in [1.29, 1.82) is 0 Å². The highest BCUT2D eigenvalue weighted by molar-refractivity contribution is 9.09. The molecule has 6 heteroatoms. The van der Waals surface area contributed by atoms with Crippen molar-refractivity contribution in [3.8, 4) is 11.5 Å². The Morgan fingerprint density at radius 1 is 0.636 bits per heavy atom. The van der Waals surface area contributed by atoms with Crippen LogP contribution in [-0.4, -0.2) is 23.9 Å². The molecule has 2 aromatic rings. The first-order valence-electron chi connectivity index (χ1n) is 6.81. The molecule has 0 aliphatic carbocycles. The second-order valence-corrected chi connectivity index (χ2v) is 5.85. The summed E-state index contributed by atoms with van der Waals surface area (Å²) in [5.74, 6) is 1.65. The third-order valence-electron chi connectivity index (χ3n) is 2.65. The summed E-state index contributed by atoms with van der Waals surface area (Å²) in [6.07, 6.45) is 0. The number of alkyl halides is 2. The van der Waals surface area contributed by atoms with E-state index < -0.39 is 0 Å². The molecule has 2 rings (SSSR count). The Balaban J connectivity index is 1.93. The molecule has 0 unspecified atom stereocenters. The van der Waals surface area contributed by atoms with Gasteiger partial charge in [-0.3, -0.25) is 0 Å². The van der Waals surface area contributed by atoms with E-state index in [1.54, 1.807) is 0 Å². The monoisotopic (exact) mass is 426 g/mol. The molecule has 0 aliphatic rings. The van der Waals surface area contributed by atoms with Crippen LogP contribution in [0.1, 0.15) is 0 Å². The molecule has 0 aromatic heterocycles. The summed E-state index contributed by atoms with van der Waals surface area (Å²) < 4.78 is 11.0. The summed E-state index contributed by atoms with van der Waals surface area (Å²) in [6, 6.07) is 15.0. The number of ether oxygens (including phenoxy) is 2. The predicted molar refractivity (Wildman–Crippen MR) is 95.6 cm³/mol. The van der Waals surface area contributed by atoms with E-state index in [4.69, 9.17) is 9.47 Å². The molecule has 116 valence electrons. The molecule has 0 bridgehead atoms. The van der Waals surface area contributed by atoms with Crippen molar-refractivity contribution in [2.75, 3.05) is 23.9 Å². The number of halogens is 2. The fourth-order valence-electron chi connectivity index (χ4n) is 1.65. The van der Waals surface area contributed by atoms with Crippen LogP contribution in [0.2, 0.25) is 0 Å². The van der Waals surface area contributed by atoms with Crippen LogP contribution in [0.25, 0.3) is 0 Å². The normalized spacial score (nSPS) is 10.8. The van der Waals surface area contributed by atoms with Crippen molar-refractivity contribution in [1.82, 2.24) is 0 Å². The van der Waals surface area contributed by atoms with Gasteiger partial charge in [0.25, 0.3) is 0 Å². The molecule has 4 nitrogen and oxygen atoms in total. The SMILES string of the molecule is BrCCOc1ccc(/N=N/c2ccc(OCCBr)cc2)cc1. The van der Waals surface area contributed by atoms with Gasteiger partial charge in [0.2, 0.25) is 0 Å². The lowest BCUT2D eigenvalue weighted by Gasteiger charge is -2.03. The molecule has 0 atom stereocenters. The van der Waals surface area contributed by atoms with Gasteiger partial charge in [0.05, 0.1) is 24.6 Å². The van der Waals surface area contributed by atoms with Gasteiger partial charge in [-0.25, -0.2) is 0 Å². The van der Waals surface area contributed by atoms with E-state index in [0.29, 0.717) is 13.2 Å². The molecule has 0 heterocycles. The zero-order valence-electron chi connectivity index (χ0n) is 11.9. The number of rotatable bonds is 8. The summed E-state index contributed by atoms with van der Waals surface area (Å²) >= 11 is 6.64. The van der Waals surface area contributed by atoms with Gasteiger partial charge in [0, 0.05) is 10.7 Å². The van der Waals surface area contributed by atoms with Crippen LogP contribution in [0, 0.1) is 0 Å². The Hall–Kier alpha value is -1.40. The zero-order valence-corrected chi connectivity index (χ0v) is 15.1. The van der Waals surface area contributed by atoms with Crippen LogP contribution in [0.15, 0.2) is 58.8 Å². The summed E-state index contributed by atoms with van der Waals surface area (Å²) in [4.78, 5) is 0. The molecule has 22 heavy (non-hydrogen) atoms. The molecule has 0 fully saturated rings. The molecular weight excluding hydrogens is 412 g/mol. The van der Waals surface area contributed by atoms with E-state index in [1.807, 2.05) is 48.5 Å². The fraction of sp³-hybridized carbons (Fsp3) is 0.250. The number of nitrogens with zero attached hydrogens (tertiary/aromatic N) is 2. The topological polar surface area (TPSA) is 43.2 Å². The Bertz CT molecular complexity index is 533. The predicted octanol–water partition coefficient (Wildman–Crippen LogP) is 5.65. The number of hydrogen-bond acceptors (Lipinski definition) is 4. The summed E-state index contributed by atoms with van der Waals surface area (Å²) in [5.41, 5.74) is 1.57. The van der Waals surface area contributed by atoms with E-state index in [2.05, 4.69) is 42.1 Å². The Labute approximate surface area is 146 Å². The molecular formula is C16H16Br2N2O2. The molecule has 0 N–H and O–H groups in total. The zero-order chi connectivity index (χ0) is 15.6. The number of benzene rings is 2. The van der Waals surface area contributed by atoms with E-state index in [1.165, 1.54) is 0 Å². The van der Waals surface area contributed by atoms with Gasteiger partial charge >= 0.3 is 0 Å². The molecule has 0 amide bonds. The smallest absolute Gasteiger partial charge is 0.119 e. The van der Waals surface area contributed by atoms with Crippen LogP contribution >= 0.6 is 31.9 Å². The molecule has 2 aromatic carbocycles. The van der Waals surface area contributed by atoms with Gasteiger partial charge in [-0.15, -0.1) is 0 Å². The van der Waals surface area contributed by atoms with Crippen LogP contribution in [0.4, 0.5) is 11.4 Å². The first kappa shape index (κ1) is 17.0. The molecule has 0 aliphatic heterocycles. The lowest BCUT2D eigenvalue weighted by atomic mass is 10.3. The third kappa shape index (κ3) is 5.77. The van der Waals surface area contributed by atoms with Crippen molar-refractivity contribution in [3.63, 3.8) is 0 Å². The molecule has 0 radical (unpaired) electrons. The Kier molecular flexibility index (Phi) is 7.39. The minimum absolute atomic E-state index is 0.643. The van der Waals surface area contributed by atoms with Crippen molar-refractivity contribution >= 4 is 43.2 Å². The largest absolute Gasteiger partial charge is 0.493 e. The maximum atomic E-state index is 5.48. The van der Waals surface area contributed by atoms with Gasteiger partial charge < -0.3 is 9.47 Å². The molecule has 0 saturated heterocycles. The second kappa shape index (κ2) is 9.58. The number of hydrogen-bond donors (Lipinski definition) is 0. The maximum absolute atomic E-state index is 5.48. The second-order valence-electron chi connectivity index (χ2n) is 4.26. The average molecular weight is 428 g/mol. The van der Waals surface area contributed by atoms with Crippen molar-refractivity contribution < 1.29 is 9.47 Å². The third-order valence-corrected chi connectivity index (χ3v) is 3.29. The van der Waals surface area contributed by atoms with Gasteiger partial charge in [0.15, 0.2) is 0 Å². The van der Waals surface area contributed by atoms with Crippen molar-refractivity contribution in [2.45, 2.75) is 0 Å². The highest BCUT2D eigenvalue weighted by atomic mass is 79.9. The quantitative estimate of drug-likeness (QED) is 0.403. The first-order valence-corrected chi connectivity index (χ1v) is 9.05. The highest BCUT2D eigenvalue weighted by Crippen LogP contribution is 2.23. The van der Waals surface area contributed by atoms with E-state index in [9.17, 15) is 0 Å². The van der Waals surface area contributed by atoms with Gasteiger partial charge in [-0.2, -0.15) is 10.2 Å². The summed E-state index contributed by atoms with van der Waals surface area (Å²) in [7, 11) is 0. The molecule has 0 spiro atoms. The Morgan fingerprint density at radius 3 is 1.32 bits per heavy atom. The van der Waals surface area contributed by atoms with Crippen LogP contribution in [0.5, 0.6) is 11.5 Å². The van der Waals surface area contributed by atoms with Crippen LogP contribution in [0.3, 0.4) is 0 Å². The van der Waals surface area contributed by atoms with Crippen molar-refractivity contribution in [3.05, 3.63) is 48.5 Å². The van der Waals surface area contributed by atoms with Gasteiger partial charge in [-0.1, -0.05) is 31.9 Å². The van der Waals surface area contributed by atoms with Crippen LogP contribution in [-0.2, 0) is 0 Å². The molecule has 0 saturated carbocycles. The van der Waals surface area contributed by atoms with E-state index in [0.717, 1.165) is 33.5 Å². The lowest BCUT2D eigenvalue weighted by Crippen LogP contribution is -1.96. The highest BCUT2D eigenvalue weighted by Gasteiger charge is 1.96. The maximum Gasteiger partial charge on any atom is 0.119 e. The minimum Gasteiger partial charge on any atom is -0.493 e.